The number of ether oxygens (including phenoxy) is 1. The Balaban J connectivity index is 1.60. The number of piperidine rings is 1. The molecule has 6 nitrogen and oxygen atoms in total. The van der Waals surface area contributed by atoms with E-state index in [1.54, 1.807) is 23.9 Å². The number of carbonyl (C=O) groups excluding carboxylic acids is 1. The van der Waals surface area contributed by atoms with Crippen LogP contribution in [0, 0.1) is 5.92 Å². The molecule has 1 atom stereocenters. The quantitative estimate of drug-likeness (QED) is 0.812. The summed E-state index contributed by atoms with van der Waals surface area (Å²) in [6.07, 6.45) is 3.80. The molecule has 126 valence electrons. The minimum absolute atomic E-state index is 0.0143. The predicted octanol–water partition coefficient (Wildman–Crippen LogP) is 0.456. The number of rotatable bonds is 3. The van der Waals surface area contributed by atoms with Crippen molar-refractivity contribution in [3.63, 3.8) is 0 Å². The van der Waals surface area contributed by atoms with E-state index in [9.17, 15) is 9.59 Å². The molecule has 23 heavy (non-hydrogen) atoms. The zero-order chi connectivity index (χ0) is 16.2. The van der Waals surface area contributed by atoms with Crippen LogP contribution < -0.4 is 5.56 Å². The zero-order valence-electron chi connectivity index (χ0n) is 13.7. The zero-order valence-corrected chi connectivity index (χ0v) is 13.7. The fourth-order valence-electron chi connectivity index (χ4n) is 3.39. The minimum Gasteiger partial charge on any atom is -0.378 e. The van der Waals surface area contributed by atoms with Crippen molar-refractivity contribution in [1.82, 2.24) is 14.4 Å². The molecule has 0 saturated carbocycles. The summed E-state index contributed by atoms with van der Waals surface area (Å²) in [6, 6.07) is 3.67. The Labute approximate surface area is 136 Å². The highest BCUT2D eigenvalue weighted by molar-refractivity contribution is 5.79. The Morgan fingerprint density at radius 3 is 2.83 bits per heavy atom. The van der Waals surface area contributed by atoms with Crippen molar-refractivity contribution in [1.29, 1.82) is 0 Å². The van der Waals surface area contributed by atoms with E-state index in [1.165, 1.54) is 0 Å². The average Bonchev–Trinajstić information content (AvgIpc) is 2.58. The smallest absolute Gasteiger partial charge is 0.250 e. The lowest BCUT2D eigenvalue weighted by molar-refractivity contribution is -0.141. The highest BCUT2D eigenvalue weighted by atomic mass is 16.5. The first kappa shape index (κ1) is 16.2. The van der Waals surface area contributed by atoms with Gasteiger partial charge in [-0.1, -0.05) is 0 Å². The van der Waals surface area contributed by atoms with Crippen LogP contribution in [-0.2, 0) is 23.1 Å². The van der Waals surface area contributed by atoms with Gasteiger partial charge in [-0.05, 0) is 31.0 Å². The van der Waals surface area contributed by atoms with Crippen LogP contribution >= 0.6 is 0 Å². The summed E-state index contributed by atoms with van der Waals surface area (Å²) < 4.78 is 6.90. The Kier molecular flexibility index (Phi) is 5.13. The third-order valence-corrected chi connectivity index (χ3v) is 4.75. The topological polar surface area (TPSA) is 54.8 Å². The van der Waals surface area contributed by atoms with Gasteiger partial charge in [-0.25, -0.2) is 0 Å². The molecule has 1 unspecified atom stereocenters. The van der Waals surface area contributed by atoms with Gasteiger partial charge in [-0.2, -0.15) is 0 Å². The number of hydrogen-bond donors (Lipinski definition) is 0. The molecule has 1 amide bonds. The molecule has 0 bridgehead atoms. The van der Waals surface area contributed by atoms with Crippen molar-refractivity contribution < 1.29 is 9.53 Å². The Morgan fingerprint density at radius 2 is 2.09 bits per heavy atom. The molecule has 2 aliphatic rings. The molecule has 0 aromatic carbocycles. The van der Waals surface area contributed by atoms with Crippen LogP contribution in [-0.4, -0.2) is 59.7 Å². The van der Waals surface area contributed by atoms with Crippen LogP contribution in [0.5, 0.6) is 0 Å². The maximum Gasteiger partial charge on any atom is 0.250 e. The summed E-state index contributed by atoms with van der Waals surface area (Å²) >= 11 is 0. The number of carbonyl (C=O) groups is 1. The number of morpholine rings is 1. The predicted molar refractivity (Wildman–Crippen MR) is 87.1 cm³/mol. The molecule has 1 aromatic rings. The Bertz CT molecular complexity index is 607. The number of aromatic nitrogens is 1. The second-order valence-electron chi connectivity index (χ2n) is 6.50. The highest BCUT2D eigenvalue weighted by Crippen LogP contribution is 2.21. The summed E-state index contributed by atoms with van der Waals surface area (Å²) in [5.74, 6) is 0.343. The molecule has 2 aliphatic heterocycles. The molecule has 1 aromatic heterocycles. The van der Waals surface area contributed by atoms with E-state index < -0.39 is 0 Å². The monoisotopic (exact) mass is 319 g/mol. The van der Waals surface area contributed by atoms with Crippen LogP contribution in [0.1, 0.15) is 18.4 Å². The van der Waals surface area contributed by atoms with Gasteiger partial charge < -0.3 is 14.2 Å². The number of hydrogen-bond acceptors (Lipinski definition) is 4. The standard InChI is InChI=1S/C17H25N3O3/c1-18-6-4-14(11-16(18)21)12-19-5-2-3-15(13-19)17(22)20-7-9-23-10-8-20/h4,6,11,15H,2-3,5,7-10,12-13H2,1H3. The number of nitrogens with zero attached hydrogens (tertiary/aromatic N) is 3. The number of amides is 1. The van der Waals surface area contributed by atoms with Gasteiger partial charge in [0.25, 0.3) is 5.56 Å². The third-order valence-electron chi connectivity index (χ3n) is 4.75. The lowest BCUT2D eigenvalue weighted by Crippen LogP contribution is -2.48. The molecule has 0 spiro atoms. The van der Waals surface area contributed by atoms with Crippen molar-refractivity contribution in [2.75, 3.05) is 39.4 Å². The maximum absolute atomic E-state index is 12.6. The first-order chi connectivity index (χ1) is 11.1. The van der Waals surface area contributed by atoms with Crippen LogP contribution in [0.2, 0.25) is 0 Å². The van der Waals surface area contributed by atoms with Crippen LogP contribution in [0.15, 0.2) is 23.1 Å². The average molecular weight is 319 g/mol. The second kappa shape index (κ2) is 7.27. The molecule has 2 fully saturated rings. The lowest BCUT2D eigenvalue weighted by Gasteiger charge is -2.36. The van der Waals surface area contributed by atoms with Gasteiger partial charge in [0.05, 0.1) is 19.1 Å². The van der Waals surface area contributed by atoms with Gasteiger partial charge in [0.2, 0.25) is 5.91 Å². The Hall–Kier alpha value is -1.66. The summed E-state index contributed by atoms with van der Waals surface area (Å²) in [5.41, 5.74) is 1.04. The lowest BCUT2D eigenvalue weighted by atomic mass is 9.96. The molecule has 3 rings (SSSR count). The Morgan fingerprint density at radius 1 is 1.30 bits per heavy atom. The van der Waals surface area contributed by atoms with E-state index in [0.717, 1.165) is 38.0 Å². The highest BCUT2D eigenvalue weighted by Gasteiger charge is 2.30. The normalized spacial score (nSPS) is 23.0. The largest absolute Gasteiger partial charge is 0.378 e. The fourth-order valence-corrected chi connectivity index (χ4v) is 3.39. The number of likely N-dealkylation sites (tertiary alicyclic amines) is 1. The van der Waals surface area contributed by atoms with Gasteiger partial charge in [0.15, 0.2) is 0 Å². The molecule has 3 heterocycles. The summed E-state index contributed by atoms with van der Waals surface area (Å²) in [7, 11) is 1.75. The maximum atomic E-state index is 12.6. The van der Waals surface area contributed by atoms with Gasteiger partial charge in [0.1, 0.15) is 0 Å². The molecule has 0 N–H and O–H groups in total. The van der Waals surface area contributed by atoms with Gasteiger partial charge in [-0.15, -0.1) is 0 Å². The van der Waals surface area contributed by atoms with E-state index >= 15 is 0 Å². The first-order valence-corrected chi connectivity index (χ1v) is 8.38. The second-order valence-corrected chi connectivity index (χ2v) is 6.50. The molecule has 0 radical (unpaired) electrons. The van der Waals surface area contributed by atoms with Gasteiger partial charge in [-0.3, -0.25) is 14.5 Å². The van der Waals surface area contributed by atoms with Crippen LogP contribution in [0.3, 0.4) is 0 Å². The third kappa shape index (κ3) is 4.00. The van der Waals surface area contributed by atoms with Crippen molar-refractivity contribution in [3.05, 3.63) is 34.2 Å². The van der Waals surface area contributed by atoms with Crippen molar-refractivity contribution >= 4 is 5.91 Å². The SMILES string of the molecule is Cn1ccc(CN2CCCC(C(=O)N3CCOCC3)C2)cc1=O. The van der Waals surface area contributed by atoms with E-state index in [0.29, 0.717) is 26.3 Å². The molecule has 2 saturated heterocycles. The summed E-state index contributed by atoms with van der Waals surface area (Å²) in [6.45, 7) is 5.23. The number of pyridine rings is 1. The van der Waals surface area contributed by atoms with Crippen LogP contribution in [0.4, 0.5) is 0 Å². The van der Waals surface area contributed by atoms with E-state index in [1.807, 2.05) is 11.0 Å². The van der Waals surface area contributed by atoms with Crippen molar-refractivity contribution in [2.45, 2.75) is 19.4 Å². The van der Waals surface area contributed by atoms with E-state index in [4.69, 9.17) is 4.74 Å². The molecule has 0 aliphatic carbocycles. The fraction of sp³-hybridized carbons (Fsp3) is 0.647. The van der Waals surface area contributed by atoms with Crippen LogP contribution in [0.25, 0.3) is 0 Å². The molecule has 6 heteroatoms. The van der Waals surface area contributed by atoms with Crippen molar-refractivity contribution in [2.24, 2.45) is 13.0 Å². The minimum atomic E-state index is 0.0143. The first-order valence-electron chi connectivity index (χ1n) is 8.38. The van der Waals surface area contributed by atoms with Gasteiger partial charge in [0, 0.05) is 45.5 Å². The van der Waals surface area contributed by atoms with E-state index in [2.05, 4.69) is 4.90 Å². The number of aryl methyl sites for hydroxylation is 1. The molecular formula is C17H25N3O3. The van der Waals surface area contributed by atoms with Gasteiger partial charge >= 0.3 is 0 Å². The van der Waals surface area contributed by atoms with E-state index in [-0.39, 0.29) is 17.4 Å². The summed E-state index contributed by atoms with van der Waals surface area (Å²) in [5, 5.41) is 0. The summed E-state index contributed by atoms with van der Waals surface area (Å²) in [4.78, 5) is 28.6. The van der Waals surface area contributed by atoms with Crippen molar-refractivity contribution in [3.8, 4) is 0 Å². The molecular weight excluding hydrogens is 294 g/mol.